The predicted octanol–water partition coefficient (Wildman–Crippen LogP) is 14.2. The molecule has 7 aromatic carbocycles. The molecule has 0 nitrogen and oxygen atoms in total. The van der Waals surface area contributed by atoms with E-state index >= 15 is 0 Å². The monoisotopic (exact) mass is 1240 g/mol. The van der Waals surface area contributed by atoms with Gasteiger partial charge in [-0.05, 0) is 87.0 Å². The Bertz CT molecular complexity index is 2820. The fourth-order valence-corrected chi connectivity index (χ4v) is 17.0. The van der Waals surface area contributed by atoms with Gasteiger partial charge in [-0.2, -0.15) is 0 Å². The molecular formula is C61H56Au2P2+2. The fraction of sp³-hybridized carbons (Fsp3) is 0.148. The molecule has 0 aromatic heterocycles. The zero-order valence-electron chi connectivity index (χ0n) is 37.9. The van der Waals surface area contributed by atoms with Crippen molar-refractivity contribution in [3.05, 3.63) is 259 Å². The zero-order chi connectivity index (χ0) is 44.6. The van der Waals surface area contributed by atoms with Crippen LogP contribution in [0.3, 0.4) is 0 Å². The van der Waals surface area contributed by atoms with Crippen LogP contribution in [0.4, 0.5) is 0 Å². The smallest absolute Gasteiger partial charge is 0.366 e. The Morgan fingerprint density at radius 2 is 0.877 bits per heavy atom. The molecule has 0 bridgehead atoms. The summed E-state index contributed by atoms with van der Waals surface area (Å²) in [6, 6.07) is 62.6. The van der Waals surface area contributed by atoms with Gasteiger partial charge in [-0.1, -0.05) is 168 Å². The van der Waals surface area contributed by atoms with Crippen molar-refractivity contribution in [1.29, 1.82) is 0 Å². The molecule has 0 amide bonds. The van der Waals surface area contributed by atoms with Crippen LogP contribution in [0.1, 0.15) is 74.9 Å². The van der Waals surface area contributed by atoms with Crippen molar-refractivity contribution in [3.8, 4) is 34.1 Å². The maximum absolute atomic E-state index is 7.25. The molecule has 0 heterocycles. The number of fused-ring (bicyclic) bond motifs is 6. The second kappa shape index (κ2) is 22.6. The molecule has 2 aliphatic carbocycles. The van der Waals surface area contributed by atoms with Gasteiger partial charge in [0.15, 0.2) is 4.90 Å². The van der Waals surface area contributed by atoms with Gasteiger partial charge in [0.05, 0.1) is 5.82 Å². The minimum atomic E-state index is -1.01. The van der Waals surface area contributed by atoms with Crippen LogP contribution >= 0.6 is 15.8 Å². The van der Waals surface area contributed by atoms with E-state index in [0.29, 0.717) is 0 Å². The third kappa shape index (κ3) is 10.9. The Balaban J connectivity index is 0.000000190. The topological polar surface area (TPSA) is 0 Å². The van der Waals surface area contributed by atoms with Crippen LogP contribution in [0.15, 0.2) is 213 Å². The first-order chi connectivity index (χ1) is 30.4. The maximum atomic E-state index is 7.25. The van der Waals surface area contributed by atoms with Gasteiger partial charge in [0.25, 0.3) is 0 Å². The van der Waals surface area contributed by atoms with Crippen molar-refractivity contribution in [1.82, 2.24) is 0 Å². The molecule has 9 rings (SSSR count). The summed E-state index contributed by atoms with van der Waals surface area (Å²) in [4.78, 5) is 0.151. The molecule has 0 radical (unpaired) electrons. The van der Waals surface area contributed by atoms with E-state index in [9.17, 15) is 0 Å². The molecule has 1 atom stereocenters. The largest absolute Gasteiger partial charge is 1.00 e. The molecule has 2 aliphatic rings. The molecule has 4 heteroatoms. The van der Waals surface area contributed by atoms with Crippen LogP contribution in [-0.4, -0.2) is 4.90 Å². The Hall–Kier alpha value is -4.78. The summed E-state index contributed by atoms with van der Waals surface area (Å²) < 4.78 is 0. The van der Waals surface area contributed by atoms with E-state index in [4.69, 9.17) is 12.8 Å². The first kappa shape index (κ1) is 51.2. The van der Waals surface area contributed by atoms with Gasteiger partial charge in [0.1, 0.15) is 31.8 Å². The maximum Gasteiger partial charge on any atom is 1.00 e. The van der Waals surface area contributed by atoms with Crippen molar-refractivity contribution in [3.63, 3.8) is 0 Å². The number of hydrogen-bond donors (Lipinski definition) is 0. The standard InChI is InChI=1S/C27H28P2.2C17H13.2Au/c1-4-5-6-16-23-28(24-17-10-7-11-18-24)27(2,3)29(25-19-12-8-13-20-25)26-21-14-9-15-22-26;1-4-12-9-10-16-14(11-12)13-7-5-6-8-15(13)17(16,2)3;1-4-12-9-10-14-13-7-5-6-8-15(13)17(2,3)16(14)11-12;;/h4-23H,1H2,2-3H3;2*5-11H,2-3H3;;/q;2*-1;2*+1/p+2/b6-5-,23-16+;;;;. The minimum Gasteiger partial charge on any atom is -0.366 e. The normalized spacial score (nSPS) is 13.7. The third-order valence-corrected chi connectivity index (χ3v) is 20.0. The van der Waals surface area contributed by atoms with Gasteiger partial charge in [0, 0.05) is 24.7 Å². The zero-order valence-corrected chi connectivity index (χ0v) is 44.3. The van der Waals surface area contributed by atoms with E-state index in [1.54, 1.807) is 0 Å². The van der Waals surface area contributed by atoms with Crippen LogP contribution < -0.4 is 15.9 Å². The van der Waals surface area contributed by atoms with Gasteiger partial charge in [-0.15, -0.1) is 35.4 Å². The summed E-state index contributed by atoms with van der Waals surface area (Å²) >= 11 is 0. The fourth-order valence-electron chi connectivity index (χ4n) is 9.39. The summed E-state index contributed by atoms with van der Waals surface area (Å²) in [5.74, 6) is 7.39. The number of hydrogen-bond acceptors (Lipinski definition) is 0. The molecule has 0 saturated heterocycles. The molecule has 0 saturated carbocycles. The van der Waals surface area contributed by atoms with Crippen LogP contribution in [0.2, 0.25) is 0 Å². The van der Waals surface area contributed by atoms with E-state index in [-0.39, 0.29) is 60.5 Å². The predicted molar refractivity (Wildman–Crippen MR) is 278 cm³/mol. The Labute approximate surface area is 423 Å². The van der Waals surface area contributed by atoms with Gasteiger partial charge >= 0.3 is 44.8 Å². The van der Waals surface area contributed by atoms with E-state index in [1.807, 2.05) is 24.3 Å². The number of allylic oxidation sites excluding steroid dienone is 4. The molecule has 0 N–H and O–H groups in total. The second-order valence-electron chi connectivity index (χ2n) is 17.6. The molecule has 65 heavy (non-hydrogen) atoms. The molecule has 0 spiro atoms. The SMILES string of the molecule is C=C/C=C\C=C\[PH+](c1ccccc1)C(C)(C)[PH+](c1ccccc1)c1ccccc1.[Au+].[Au+].[C-]#Cc1ccc2c(c1)-c1ccccc1C2(C)C.[C-]#Cc1ccc2c(c1)C(C)(C)c1ccccc1-2. The quantitative estimate of drug-likeness (QED) is 0.0468. The van der Waals surface area contributed by atoms with E-state index in [2.05, 4.69) is 242 Å². The average Bonchev–Trinajstić information content (AvgIpc) is 3.69. The van der Waals surface area contributed by atoms with E-state index in [0.717, 1.165) is 11.1 Å². The van der Waals surface area contributed by atoms with E-state index < -0.39 is 15.8 Å². The number of benzene rings is 7. The summed E-state index contributed by atoms with van der Waals surface area (Å²) in [6.45, 7) is 17.7. The number of rotatable bonds is 8. The van der Waals surface area contributed by atoms with Crippen molar-refractivity contribution in [2.45, 2.75) is 57.3 Å². The first-order valence-electron chi connectivity index (χ1n) is 21.6. The van der Waals surface area contributed by atoms with Crippen LogP contribution in [0, 0.1) is 24.7 Å². The average molecular weight is 1250 g/mol. The first-order valence-corrected chi connectivity index (χ1v) is 24.7. The molecule has 0 fully saturated rings. The summed E-state index contributed by atoms with van der Waals surface area (Å²) in [5, 5.41) is 4.41. The van der Waals surface area contributed by atoms with Gasteiger partial charge in [0.2, 0.25) is 0 Å². The summed E-state index contributed by atoms with van der Waals surface area (Å²) in [6.07, 6.45) is 22.6. The molecule has 7 aromatic rings. The minimum absolute atomic E-state index is 0. The Morgan fingerprint density at radius 1 is 0.462 bits per heavy atom. The summed E-state index contributed by atoms with van der Waals surface area (Å²) in [5.41, 5.74) is 12.3. The van der Waals surface area contributed by atoms with Crippen molar-refractivity contribution >= 4 is 31.8 Å². The van der Waals surface area contributed by atoms with Gasteiger partial charge in [-0.25, -0.2) is 0 Å². The van der Waals surface area contributed by atoms with Crippen LogP contribution in [0.5, 0.6) is 0 Å². The Kier molecular flexibility index (Phi) is 17.8. The van der Waals surface area contributed by atoms with Crippen LogP contribution in [-0.2, 0) is 55.6 Å². The van der Waals surface area contributed by atoms with Crippen molar-refractivity contribution in [2.24, 2.45) is 0 Å². The Morgan fingerprint density at radius 3 is 1.40 bits per heavy atom. The van der Waals surface area contributed by atoms with Crippen molar-refractivity contribution in [2.75, 3.05) is 0 Å². The van der Waals surface area contributed by atoms with E-state index in [1.165, 1.54) is 60.4 Å². The van der Waals surface area contributed by atoms with Crippen molar-refractivity contribution < 1.29 is 44.8 Å². The molecule has 330 valence electrons. The molecular weight excluding hydrogens is 1190 g/mol. The van der Waals surface area contributed by atoms with Gasteiger partial charge in [-0.3, -0.25) is 11.8 Å². The van der Waals surface area contributed by atoms with Gasteiger partial charge < -0.3 is 12.8 Å². The second-order valence-corrected chi connectivity index (χ2v) is 24.2. The summed E-state index contributed by atoms with van der Waals surface area (Å²) in [7, 11) is -2.01. The third-order valence-electron chi connectivity index (χ3n) is 12.6. The molecule has 0 aliphatic heterocycles. The van der Waals surface area contributed by atoms with Crippen LogP contribution in [0.25, 0.3) is 22.3 Å². The molecule has 1 unspecified atom stereocenters.